The van der Waals surface area contributed by atoms with Crippen LogP contribution in [0.15, 0.2) is 97.2 Å². The molecule has 0 aromatic rings. The maximum absolute atomic E-state index is 12.8. The Labute approximate surface area is 413 Å². The van der Waals surface area contributed by atoms with E-state index in [9.17, 15) is 14.4 Å². The van der Waals surface area contributed by atoms with Gasteiger partial charge in [-0.05, 0) is 103 Å². The van der Waals surface area contributed by atoms with E-state index in [0.717, 1.165) is 109 Å². The van der Waals surface area contributed by atoms with Gasteiger partial charge in [-0.15, -0.1) is 0 Å². The van der Waals surface area contributed by atoms with Gasteiger partial charge in [0.1, 0.15) is 13.2 Å². The van der Waals surface area contributed by atoms with Crippen LogP contribution in [-0.2, 0) is 28.6 Å². The number of allylic oxidation sites excluding steroid dienone is 16. The summed E-state index contributed by atoms with van der Waals surface area (Å²) in [4.78, 5) is 38.0. The Bertz CT molecular complexity index is 1350. The molecule has 1 unspecified atom stereocenters. The molecule has 0 spiro atoms. The van der Waals surface area contributed by atoms with Crippen LogP contribution < -0.4 is 0 Å². The molecule has 6 heteroatoms. The van der Waals surface area contributed by atoms with E-state index in [4.69, 9.17) is 14.2 Å². The summed E-state index contributed by atoms with van der Waals surface area (Å²) in [5.74, 6) is -0.948. The molecule has 0 aromatic heterocycles. The first-order valence-electron chi connectivity index (χ1n) is 27.7. The molecule has 0 bridgehead atoms. The molecule has 0 saturated carbocycles. The van der Waals surface area contributed by atoms with Crippen LogP contribution in [0.4, 0.5) is 0 Å². The highest BCUT2D eigenvalue weighted by atomic mass is 16.6. The molecule has 6 nitrogen and oxygen atoms in total. The molecular weight excluding hydrogens is 829 g/mol. The standard InChI is InChI=1S/C61H102O6/c1-4-7-10-13-16-19-22-24-26-28-30-31-32-34-35-37-39-42-45-48-51-54-60(63)66-57-58(56-65-59(62)53-50-47-44-41-21-18-15-12-9-6-3)67-61(64)55-52-49-46-43-40-38-36-33-29-27-25-23-20-17-14-11-8-5-2/h7,10,16,19-20,23-24,26-27,29-31,34-35,39,42,58H,4-6,8-9,11-15,17-18,21-22,25,28,32-33,36-38,40-41,43-57H2,1-3H3/b10-7-,19-16-,23-20-,26-24-,29-27-,31-30-,35-34-,42-39-. The van der Waals surface area contributed by atoms with Gasteiger partial charge in [0.2, 0.25) is 0 Å². The van der Waals surface area contributed by atoms with Gasteiger partial charge < -0.3 is 14.2 Å². The molecule has 0 fully saturated rings. The fourth-order valence-corrected chi connectivity index (χ4v) is 7.42. The second-order valence-electron chi connectivity index (χ2n) is 18.1. The van der Waals surface area contributed by atoms with E-state index in [1.54, 1.807) is 0 Å². The van der Waals surface area contributed by atoms with Gasteiger partial charge in [0, 0.05) is 19.3 Å². The normalized spacial score (nSPS) is 12.8. The van der Waals surface area contributed by atoms with Crippen LogP contribution >= 0.6 is 0 Å². The number of rotatable bonds is 49. The van der Waals surface area contributed by atoms with E-state index in [1.165, 1.54) is 103 Å². The zero-order valence-corrected chi connectivity index (χ0v) is 43.6. The molecular formula is C61H102O6. The first kappa shape index (κ1) is 63.3. The van der Waals surface area contributed by atoms with E-state index in [0.29, 0.717) is 19.3 Å². The third kappa shape index (κ3) is 53.2. The second-order valence-corrected chi connectivity index (χ2v) is 18.1. The van der Waals surface area contributed by atoms with Gasteiger partial charge in [-0.1, -0.05) is 227 Å². The topological polar surface area (TPSA) is 78.9 Å². The summed E-state index contributed by atoms with van der Waals surface area (Å²) in [6.07, 6.45) is 72.5. The molecule has 0 aromatic carbocycles. The van der Waals surface area contributed by atoms with E-state index in [-0.39, 0.29) is 31.1 Å². The number of carbonyl (C=O) groups is 3. The predicted octanol–water partition coefficient (Wildman–Crippen LogP) is 18.5. The van der Waals surface area contributed by atoms with Crippen molar-refractivity contribution in [3.63, 3.8) is 0 Å². The zero-order chi connectivity index (χ0) is 48.6. The Balaban J connectivity index is 4.43. The monoisotopic (exact) mass is 931 g/mol. The summed E-state index contributed by atoms with van der Waals surface area (Å²) in [6, 6.07) is 0. The van der Waals surface area contributed by atoms with Crippen molar-refractivity contribution in [3.05, 3.63) is 97.2 Å². The zero-order valence-electron chi connectivity index (χ0n) is 43.6. The number of carbonyl (C=O) groups excluding carboxylic acids is 3. The molecule has 0 N–H and O–H groups in total. The Hall–Kier alpha value is -3.67. The molecule has 1 atom stereocenters. The number of esters is 3. The SMILES string of the molecule is CC/C=C\C/C=C\C/C=C\C/C=C\C/C=C\C/C=C\CCCCC(=O)OCC(COC(=O)CCCCCCCCCCCC)OC(=O)CCCCCCCCC/C=C\C/C=C\CCCCCC. The van der Waals surface area contributed by atoms with Gasteiger partial charge >= 0.3 is 17.9 Å². The summed E-state index contributed by atoms with van der Waals surface area (Å²) >= 11 is 0. The molecule has 382 valence electrons. The lowest BCUT2D eigenvalue weighted by Crippen LogP contribution is -2.30. The van der Waals surface area contributed by atoms with Crippen molar-refractivity contribution in [1.29, 1.82) is 0 Å². The maximum atomic E-state index is 12.8. The molecule has 0 aliphatic carbocycles. The number of hydrogen-bond acceptors (Lipinski definition) is 6. The summed E-state index contributed by atoms with van der Waals surface area (Å²) in [6.45, 7) is 6.45. The lowest BCUT2D eigenvalue weighted by atomic mass is 10.1. The number of ether oxygens (including phenoxy) is 3. The number of unbranched alkanes of at least 4 members (excludes halogenated alkanes) is 22. The van der Waals surface area contributed by atoms with Gasteiger partial charge in [-0.3, -0.25) is 14.4 Å². The van der Waals surface area contributed by atoms with Gasteiger partial charge in [0.15, 0.2) is 6.10 Å². The van der Waals surface area contributed by atoms with Crippen molar-refractivity contribution in [2.45, 2.75) is 258 Å². The summed E-state index contributed by atoms with van der Waals surface area (Å²) in [5, 5.41) is 0. The largest absolute Gasteiger partial charge is 0.462 e. The van der Waals surface area contributed by atoms with Crippen molar-refractivity contribution in [2.24, 2.45) is 0 Å². The van der Waals surface area contributed by atoms with Crippen LogP contribution in [0.3, 0.4) is 0 Å². The van der Waals surface area contributed by atoms with Crippen molar-refractivity contribution in [3.8, 4) is 0 Å². The highest BCUT2D eigenvalue weighted by molar-refractivity contribution is 5.71. The Morgan fingerprint density at radius 1 is 0.313 bits per heavy atom. The highest BCUT2D eigenvalue weighted by Crippen LogP contribution is 2.14. The second kappa shape index (κ2) is 54.9. The van der Waals surface area contributed by atoms with E-state index in [1.807, 2.05) is 0 Å². The Morgan fingerprint density at radius 3 is 0.955 bits per heavy atom. The van der Waals surface area contributed by atoms with Crippen molar-refractivity contribution < 1.29 is 28.6 Å². The highest BCUT2D eigenvalue weighted by Gasteiger charge is 2.19. The third-order valence-electron chi connectivity index (χ3n) is 11.6. The van der Waals surface area contributed by atoms with E-state index < -0.39 is 6.10 Å². The average molecular weight is 931 g/mol. The van der Waals surface area contributed by atoms with Gasteiger partial charge in [-0.25, -0.2) is 0 Å². The van der Waals surface area contributed by atoms with E-state index in [2.05, 4.69) is 118 Å². The summed E-state index contributed by atoms with van der Waals surface area (Å²) in [7, 11) is 0. The van der Waals surface area contributed by atoms with Crippen LogP contribution in [0, 0.1) is 0 Å². The van der Waals surface area contributed by atoms with Gasteiger partial charge in [0.05, 0.1) is 0 Å². The van der Waals surface area contributed by atoms with Crippen LogP contribution in [0.25, 0.3) is 0 Å². The third-order valence-corrected chi connectivity index (χ3v) is 11.6. The fraction of sp³-hybridized carbons (Fsp3) is 0.689. The molecule has 0 aliphatic heterocycles. The first-order valence-corrected chi connectivity index (χ1v) is 27.7. The van der Waals surface area contributed by atoms with Crippen LogP contribution in [0.5, 0.6) is 0 Å². The fourth-order valence-electron chi connectivity index (χ4n) is 7.42. The van der Waals surface area contributed by atoms with Gasteiger partial charge in [-0.2, -0.15) is 0 Å². The molecule has 67 heavy (non-hydrogen) atoms. The van der Waals surface area contributed by atoms with Crippen LogP contribution in [-0.4, -0.2) is 37.2 Å². The minimum absolute atomic E-state index is 0.0939. The molecule has 0 radical (unpaired) electrons. The van der Waals surface area contributed by atoms with Crippen molar-refractivity contribution in [1.82, 2.24) is 0 Å². The summed E-state index contributed by atoms with van der Waals surface area (Å²) < 4.78 is 16.8. The Morgan fingerprint density at radius 2 is 0.582 bits per heavy atom. The average Bonchev–Trinajstić information content (AvgIpc) is 3.33. The first-order chi connectivity index (χ1) is 33.0. The molecule has 0 amide bonds. The van der Waals surface area contributed by atoms with Crippen LogP contribution in [0.2, 0.25) is 0 Å². The lowest BCUT2D eigenvalue weighted by Gasteiger charge is -2.18. The smallest absolute Gasteiger partial charge is 0.306 e. The lowest BCUT2D eigenvalue weighted by molar-refractivity contribution is -0.167. The quantitative estimate of drug-likeness (QED) is 0.0262. The van der Waals surface area contributed by atoms with Crippen molar-refractivity contribution in [2.75, 3.05) is 13.2 Å². The molecule has 0 rings (SSSR count). The number of hydrogen-bond donors (Lipinski definition) is 0. The summed E-state index contributed by atoms with van der Waals surface area (Å²) in [5.41, 5.74) is 0. The minimum atomic E-state index is -0.799. The minimum Gasteiger partial charge on any atom is -0.462 e. The van der Waals surface area contributed by atoms with E-state index >= 15 is 0 Å². The molecule has 0 heterocycles. The predicted molar refractivity (Wildman–Crippen MR) is 288 cm³/mol. The Kier molecular flexibility index (Phi) is 51.9. The molecule has 0 aliphatic rings. The van der Waals surface area contributed by atoms with Crippen LogP contribution in [0.1, 0.15) is 252 Å². The van der Waals surface area contributed by atoms with Crippen molar-refractivity contribution >= 4 is 17.9 Å². The molecule has 0 saturated heterocycles. The van der Waals surface area contributed by atoms with Gasteiger partial charge in [0.25, 0.3) is 0 Å². The maximum Gasteiger partial charge on any atom is 0.306 e.